The number of nitrogens with zero attached hydrogens (tertiary/aromatic N) is 2. The van der Waals surface area contributed by atoms with Crippen LogP contribution in [0.25, 0.3) is 0 Å². The molecule has 0 saturated heterocycles. The van der Waals surface area contributed by atoms with Crippen LogP contribution in [0, 0.1) is 0 Å². The zero-order chi connectivity index (χ0) is 20.7. The molecule has 1 N–H and O–H groups in total. The molecule has 0 aromatic rings. The Morgan fingerprint density at radius 3 is 2.25 bits per heavy atom. The summed E-state index contributed by atoms with van der Waals surface area (Å²) in [5.74, 6) is 1.36. The number of aliphatic imine (C=N–C) groups is 1. The van der Waals surface area contributed by atoms with Gasteiger partial charge >= 0.3 is 0 Å². The van der Waals surface area contributed by atoms with Crippen molar-refractivity contribution in [3.63, 3.8) is 0 Å². The summed E-state index contributed by atoms with van der Waals surface area (Å²) in [4.78, 5) is 16.3. The van der Waals surface area contributed by atoms with Crippen LogP contribution in [0.1, 0.15) is 105 Å². The fourth-order valence-corrected chi connectivity index (χ4v) is 4.38. The smallest absolute Gasteiger partial charge is 0.221 e. The second-order valence-electron chi connectivity index (χ2n) is 8.38. The van der Waals surface area contributed by atoms with Gasteiger partial charge in [0, 0.05) is 20.3 Å². The maximum Gasteiger partial charge on any atom is 0.221 e. The van der Waals surface area contributed by atoms with Crippen LogP contribution < -0.4 is 5.32 Å². The van der Waals surface area contributed by atoms with Crippen LogP contribution in [-0.4, -0.2) is 42.0 Å². The first-order valence-corrected chi connectivity index (χ1v) is 11.9. The molecule has 0 aromatic heterocycles. The van der Waals surface area contributed by atoms with Crippen molar-refractivity contribution in [3.8, 4) is 0 Å². The van der Waals surface area contributed by atoms with Crippen molar-refractivity contribution in [1.29, 1.82) is 0 Å². The summed E-state index contributed by atoms with van der Waals surface area (Å²) in [6, 6.07) is 0. The molecule has 0 aromatic carbocycles. The highest BCUT2D eigenvalue weighted by atomic mass is 16.1. The SMILES string of the molecule is CCCCCC/C=C/CCCCCCCC1=NCC[N+]1(CC)C(C)NC(C)=O. The quantitative estimate of drug-likeness (QED) is 0.196. The van der Waals surface area contributed by atoms with E-state index in [0.717, 1.165) is 30.5 Å². The standard InChI is InChI=1S/C24H45N3O/c1-5-7-8-9-10-11-12-13-14-15-16-17-18-19-24-25-20-21-27(24,6-2)22(3)26-23(4)28/h11-12,22H,5-10,13-21H2,1-4H3/p+1/b12-11+. The number of amides is 1. The van der Waals surface area contributed by atoms with Gasteiger partial charge in [0.15, 0.2) is 12.0 Å². The van der Waals surface area contributed by atoms with Gasteiger partial charge in [-0.2, -0.15) is 0 Å². The molecule has 4 heteroatoms. The van der Waals surface area contributed by atoms with Crippen LogP contribution in [0.3, 0.4) is 0 Å². The summed E-state index contributed by atoms with van der Waals surface area (Å²) < 4.78 is 0.850. The molecule has 1 aliphatic heterocycles. The van der Waals surface area contributed by atoms with Gasteiger partial charge in [-0.25, -0.2) is 4.99 Å². The molecule has 0 bridgehead atoms. The van der Waals surface area contributed by atoms with E-state index in [1.165, 1.54) is 76.5 Å². The van der Waals surface area contributed by atoms with Gasteiger partial charge in [-0.15, -0.1) is 0 Å². The van der Waals surface area contributed by atoms with Crippen molar-refractivity contribution >= 4 is 11.7 Å². The van der Waals surface area contributed by atoms with Crippen molar-refractivity contribution < 1.29 is 9.28 Å². The number of nitrogens with one attached hydrogen (secondary N) is 1. The second kappa shape index (κ2) is 14.8. The largest absolute Gasteiger partial charge is 0.307 e. The van der Waals surface area contributed by atoms with Gasteiger partial charge in [-0.3, -0.25) is 9.28 Å². The van der Waals surface area contributed by atoms with Gasteiger partial charge in [0.05, 0.1) is 13.1 Å². The minimum Gasteiger partial charge on any atom is -0.307 e. The number of hydrogen-bond acceptors (Lipinski definition) is 2. The fourth-order valence-electron chi connectivity index (χ4n) is 4.38. The van der Waals surface area contributed by atoms with Crippen LogP contribution in [0.5, 0.6) is 0 Å². The van der Waals surface area contributed by atoms with Crippen LogP contribution in [0.4, 0.5) is 0 Å². The third-order valence-corrected chi connectivity index (χ3v) is 6.19. The van der Waals surface area contributed by atoms with Gasteiger partial charge in [0.25, 0.3) is 0 Å². The van der Waals surface area contributed by atoms with Crippen LogP contribution in [-0.2, 0) is 4.79 Å². The Bertz CT molecular complexity index is 486. The number of likely N-dealkylation sites (N-methyl/N-ethyl adjacent to an activating group) is 1. The number of hydrogen-bond donors (Lipinski definition) is 1. The fraction of sp³-hybridized carbons (Fsp3) is 0.833. The molecule has 0 radical (unpaired) electrons. The topological polar surface area (TPSA) is 41.5 Å². The van der Waals surface area contributed by atoms with Crippen molar-refractivity contribution in [2.45, 2.75) is 111 Å². The summed E-state index contributed by atoms with van der Waals surface area (Å²) in [6.45, 7) is 11.2. The number of amidine groups is 1. The molecule has 162 valence electrons. The van der Waals surface area contributed by atoms with Crippen molar-refractivity contribution in [1.82, 2.24) is 5.32 Å². The lowest BCUT2D eigenvalue weighted by Crippen LogP contribution is -2.62. The van der Waals surface area contributed by atoms with E-state index in [-0.39, 0.29) is 12.1 Å². The van der Waals surface area contributed by atoms with Gasteiger partial charge in [-0.1, -0.05) is 57.6 Å². The third kappa shape index (κ3) is 8.89. The highest BCUT2D eigenvalue weighted by Gasteiger charge is 2.41. The molecule has 28 heavy (non-hydrogen) atoms. The maximum absolute atomic E-state index is 11.5. The average Bonchev–Trinajstić information content (AvgIpc) is 3.09. The highest BCUT2D eigenvalue weighted by Crippen LogP contribution is 2.23. The summed E-state index contributed by atoms with van der Waals surface area (Å²) in [7, 11) is 0. The van der Waals surface area contributed by atoms with E-state index in [2.05, 4.69) is 38.2 Å². The number of unbranched alkanes of at least 4 members (excludes halogenated alkanes) is 9. The number of carbonyl (C=O) groups is 1. The molecule has 4 nitrogen and oxygen atoms in total. The van der Waals surface area contributed by atoms with Crippen LogP contribution in [0.2, 0.25) is 0 Å². The van der Waals surface area contributed by atoms with E-state index in [9.17, 15) is 4.79 Å². The number of carbonyl (C=O) groups excluding carboxylic acids is 1. The Kier molecular flexibility index (Phi) is 13.1. The van der Waals surface area contributed by atoms with Gasteiger partial charge in [0.1, 0.15) is 6.54 Å². The molecular weight excluding hydrogens is 346 g/mol. The molecule has 1 aliphatic rings. The molecule has 1 rings (SSSR count). The lowest BCUT2D eigenvalue weighted by atomic mass is 10.1. The Labute approximate surface area is 174 Å². The number of allylic oxidation sites excluding steroid dienone is 2. The minimum atomic E-state index is 0.0553. The highest BCUT2D eigenvalue weighted by molar-refractivity contribution is 5.78. The first-order chi connectivity index (χ1) is 13.6. The second-order valence-corrected chi connectivity index (χ2v) is 8.38. The lowest BCUT2D eigenvalue weighted by Gasteiger charge is -2.39. The molecule has 2 atom stereocenters. The van der Waals surface area contributed by atoms with Gasteiger partial charge in [-0.05, 0) is 39.0 Å². The Morgan fingerprint density at radius 2 is 1.64 bits per heavy atom. The maximum atomic E-state index is 11.5. The zero-order valence-electron chi connectivity index (χ0n) is 19.1. The normalized spacial score (nSPS) is 20.5. The average molecular weight is 393 g/mol. The van der Waals surface area contributed by atoms with E-state index < -0.39 is 0 Å². The lowest BCUT2D eigenvalue weighted by molar-refractivity contribution is -0.861. The molecule has 0 saturated carbocycles. The summed E-state index contributed by atoms with van der Waals surface area (Å²) in [5.41, 5.74) is 0. The van der Waals surface area contributed by atoms with Crippen LogP contribution >= 0.6 is 0 Å². The molecule has 0 aliphatic carbocycles. The number of rotatable bonds is 16. The molecule has 2 unspecified atom stereocenters. The molecule has 1 heterocycles. The number of quaternary nitrogens is 1. The minimum absolute atomic E-state index is 0.0553. The Morgan fingerprint density at radius 1 is 1.04 bits per heavy atom. The molecular formula is C24H46N3O+. The summed E-state index contributed by atoms with van der Waals surface area (Å²) in [6.07, 6.45) is 20.4. The Hall–Kier alpha value is -1.16. The molecule has 0 fully saturated rings. The van der Waals surface area contributed by atoms with Crippen LogP contribution in [0.15, 0.2) is 17.1 Å². The third-order valence-electron chi connectivity index (χ3n) is 6.19. The van der Waals surface area contributed by atoms with Gasteiger partial charge < -0.3 is 5.32 Å². The van der Waals surface area contributed by atoms with Crippen molar-refractivity contribution in [3.05, 3.63) is 12.2 Å². The zero-order valence-corrected chi connectivity index (χ0v) is 19.1. The summed E-state index contributed by atoms with van der Waals surface area (Å²) in [5, 5.41) is 3.10. The van der Waals surface area contributed by atoms with Gasteiger partial charge in [0.2, 0.25) is 5.91 Å². The van der Waals surface area contributed by atoms with E-state index >= 15 is 0 Å². The first-order valence-electron chi connectivity index (χ1n) is 11.9. The van der Waals surface area contributed by atoms with E-state index in [4.69, 9.17) is 4.99 Å². The molecule has 0 spiro atoms. The van der Waals surface area contributed by atoms with Crippen molar-refractivity contribution in [2.75, 3.05) is 19.6 Å². The predicted molar refractivity (Wildman–Crippen MR) is 121 cm³/mol. The van der Waals surface area contributed by atoms with Crippen molar-refractivity contribution in [2.24, 2.45) is 4.99 Å². The predicted octanol–water partition coefficient (Wildman–Crippen LogP) is 5.97. The van der Waals surface area contributed by atoms with E-state index in [1.807, 2.05) is 0 Å². The Balaban J connectivity index is 2.15. The van der Waals surface area contributed by atoms with E-state index in [1.54, 1.807) is 6.92 Å². The monoisotopic (exact) mass is 392 g/mol. The molecule has 1 amide bonds. The first kappa shape index (κ1) is 24.9. The van der Waals surface area contributed by atoms with E-state index in [0.29, 0.717) is 0 Å². The summed E-state index contributed by atoms with van der Waals surface area (Å²) >= 11 is 0.